The maximum Gasteiger partial charge on any atom is 0.0683 e. The zero-order valence-electron chi connectivity index (χ0n) is 8.73. The molecular weight excluding hydrogens is 148 g/mol. The van der Waals surface area contributed by atoms with E-state index >= 15 is 0 Å². The number of ether oxygens (including phenoxy) is 1. The fourth-order valence-electron chi connectivity index (χ4n) is 2.17. The number of hydrogen-bond donors (Lipinski definition) is 0. The molecule has 1 nitrogen and oxygen atoms in total. The third-order valence-corrected chi connectivity index (χ3v) is 3.02. The van der Waals surface area contributed by atoms with Crippen molar-refractivity contribution >= 4 is 0 Å². The van der Waals surface area contributed by atoms with Gasteiger partial charge in [0.25, 0.3) is 0 Å². The van der Waals surface area contributed by atoms with Gasteiger partial charge in [-0.3, -0.25) is 0 Å². The summed E-state index contributed by atoms with van der Waals surface area (Å²) in [6, 6.07) is 0. The van der Waals surface area contributed by atoms with Crippen LogP contribution in [0.5, 0.6) is 0 Å². The molecule has 2 unspecified atom stereocenters. The number of hydrogen-bond acceptors (Lipinski definition) is 1. The molecule has 0 spiro atoms. The predicted molar refractivity (Wildman–Crippen MR) is 52.3 cm³/mol. The van der Waals surface area contributed by atoms with Gasteiger partial charge in [-0.15, -0.1) is 0 Å². The van der Waals surface area contributed by atoms with Crippen LogP contribution in [-0.2, 0) is 4.74 Å². The van der Waals surface area contributed by atoms with Crippen molar-refractivity contribution in [3.8, 4) is 0 Å². The molecule has 1 rings (SSSR count). The molecule has 0 aromatic heterocycles. The predicted octanol–water partition coefficient (Wildman–Crippen LogP) is 3.38. The van der Waals surface area contributed by atoms with Gasteiger partial charge in [0.2, 0.25) is 0 Å². The van der Waals surface area contributed by atoms with Gasteiger partial charge in [-0.05, 0) is 25.2 Å². The molecule has 1 heteroatoms. The molecule has 0 radical (unpaired) electrons. The molecule has 0 aromatic rings. The van der Waals surface area contributed by atoms with E-state index in [1.807, 2.05) is 0 Å². The van der Waals surface area contributed by atoms with Crippen LogP contribution in [0.4, 0.5) is 0 Å². The molecule has 12 heavy (non-hydrogen) atoms. The molecule has 2 atom stereocenters. The smallest absolute Gasteiger partial charge is 0.0683 e. The summed E-state index contributed by atoms with van der Waals surface area (Å²) in [6.07, 6.45) is 6.35. The lowest BCUT2D eigenvalue weighted by molar-refractivity contribution is -0.00804. The van der Waals surface area contributed by atoms with Crippen molar-refractivity contribution in [2.24, 2.45) is 5.92 Å². The molecule has 1 aliphatic rings. The first-order chi connectivity index (χ1) is 5.72. The monoisotopic (exact) mass is 170 g/mol. The van der Waals surface area contributed by atoms with Crippen molar-refractivity contribution in [3.63, 3.8) is 0 Å². The second-order valence-corrected chi connectivity index (χ2v) is 4.26. The summed E-state index contributed by atoms with van der Waals surface area (Å²) in [4.78, 5) is 0. The van der Waals surface area contributed by atoms with Crippen molar-refractivity contribution in [1.29, 1.82) is 0 Å². The average molecular weight is 170 g/mol. The van der Waals surface area contributed by atoms with E-state index in [-0.39, 0.29) is 5.60 Å². The Labute approximate surface area is 76.5 Å². The quantitative estimate of drug-likeness (QED) is 0.628. The molecule has 0 bridgehead atoms. The first-order valence-corrected chi connectivity index (χ1v) is 5.36. The lowest BCUT2D eigenvalue weighted by Gasteiger charge is -2.26. The summed E-state index contributed by atoms with van der Waals surface area (Å²) >= 11 is 0. The lowest BCUT2D eigenvalue weighted by Crippen LogP contribution is -2.26. The Bertz CT molecular complexity index is 133. The summed E-state index contributed by atoms with van der Waals surface area (Å²) in [7, 11) is 0. The highest BCUT2D eigenvalue weighted by Gasteiger charge is 2.35. The normalized spacial score (nSPS) is 35.8. The minimum absolute atomic E-state index is 0.259. The summed E-state index contributed by atoms with van der Waals surface area (Å²) in [5, 5.41) is 0. The summed E-state index contributed by atoms with van der Waals surface area (Å²) in [5.41, 5.74) is 0.259. The van der Waals surface area contributed by atoms with Crippen molar-refractivity contribution in [3.05, 3.63) is 0 Å². The van der Waals surface area contributed by atoms with Gasteiger partial charge in [-0.2, -0.15) is 0 Å². The largest absolute Gasteiger partial charge is 0.375 e. The van der Waals surface area contributed by atoms with Gasteiger partial charge >= 0.3 is 0 Å². The van der Waals surface area contributed by atoms with E-state index < -0.39 is 0 Å². The number of unbranched alkanes of at least 4 members (excludes halogenated alkanes) is 1. The van der Waals surface area contributed by atoms with Gasteiger partial charge in [-0.1, -0.05) is 33.6 Å². The van der Waals surface area contributed by atoms with Gasteiger partial charge in [0, 0.05) is 6.61 Å². The molecule has 1 saturated heterocycles. The molecule has 1 fully saturated rings. The van der Waals surface area contributed by atoms with E-state index in [2.05, 4.69) is 20.8 Å². The zero-order valence-corrected chi connectivity index (χ0v) is 8.73. The third kappa shape index (κ3) is 2.22. The molecule has 0 aromatic carbocycles. The first-order valence-electron chi connectivity index (χ1n) is 5.36. The Morgan fingerprint density at radius 3 is 2.58 bits per heavy atom. The minimum Gasteiger partial charge on any atom is -0.375 e. The third-order valence-electron chi connectivity index (χ3n) is 3.02. The molecular formula is C11H22O. The Hall–Kier alpha value is -0.0400. The number of rotatable bonds is 4. The van der Waals surface area contributed by atoms with E-state index in [1.54, 1.807) is 0 Å². The highest BCUT2D eigenvalue weighted by molar-refractivity contribution is 4.86. The van der Waals surface area contributed by atoms with E-state index in [0.717, 1.165) is 12.5 Å². The molecule has 0 aliphatic carbocycles. The SMILES string of the molecule is CCCCC1(CC)CC(C)CO1. The summed E-state index contributed by atoms with van der Waals surface area (Å²) < 4.78 is 5.90. The van der Waals surface area contributed by atoms with Crippen molar-refractivity contribution in [2.75, 3.05) is 6.61 Å². The van der Waals surface area contributed by atoms with E-state index in [9.17, 15) is 0 Å². The van der Waals surface area contributed by atoms with Gasteiger partial charge < -0.3 is 4.74 Å². The highest BCUT2D eigenvalue weighted by Crippen LogP contribution is 2.36. The molecule has 1 aliphatic heterocycles. The molecule has 72 valence electrons. The highest BCUT2D eigenvalue weighted by atomic mass is 16.5. The fourth-order valence-corrected chi connectivity index (χ4v) is 2.17. The molecule has 0 amide bonds. The van der Waals surface area contributed by atoms with E-state index in [1.165, 1.54) is 32.1 Å². The van der Waals surface area contributed by atoms with Gasteiger partial charge in [0.1, 0.15) is 0 Å². The van der Waals surface area contributed by atoms with Crippen LogP contribution in [0.15, 0.2) is 0 Å². The van der Waals surface area contributed by atoms with Crippen LogP contribution in [0.25, 0.3) is 0 Å². The summed E-state index contributed by atoms with van der Waals surface area (Å²) in [5.74, 6) is 0.779. The lowest BCUT2D eigenvalue weighted by atomic mass is 9.88. The maximum atomic E-state index is 5.90. The van der Waals surface area contributed by atoms with Crippen LogP contribution in [0.1, 0.15) is 52.9 Å². The molecule has 1 heterocycles. The minimum atomic E-state index is 0.259. The van der Waals surface area contributed by atoms with Crippen molar-refractivity contribution < 1.29 is 4.74 Å². The first kappa shape index (κ1) is 10.0. The van der Waals surface area contributed by atoms with Crippen LogP contribution in [0.2, 0.25) is 0 Å². The van der Waals surface area contributed by atoms with E-state index in [4.69, 9.17) is 4.74 Å². The van der Waals surface area contributed by atoms with Gasteiger partial charge in [0.15, 0.2) is 0 Å². The second-order valence-electron chi connectivity index (χ2n) is 4.26. The maximum absolute atomic E-state index is 5.90. The standard InChI is InChI=1S/C11H22O/c1-4-6-7-11(5-2)8-10(3)9-12-11/h10H,4-9H2,1-3H3. The van der Waals surface area contributed by atoms with Crippen LogP contribution < -0.4 is 0 Å². The van der Waals surface area contributed by atoms with Crippen molar-refractivity contribution in [2.45, 2.75) is 58.5 Å². The Morgan fingerprint density at radius 2 is 2.17 bits per heavy atom. The van der Waals surface area contributed by atoms with Crippen LogP contribution >= 0.6 is 0 Å². The molecule has 0 saturated carbocycles. The second kappa shape index (κ2) is 4.27. The Morgan fingerprint density at radius 1 is 1.42 bits per heavy atom. The van der Waals surface area contributed by atoms with Crippen LogP contribution in [-0.4, -0.2) is 12.2 Å². The summed E-state index contributed by atoms with van der Waals surface area (Å²) in [6.45, 7) is 7.79. The van der Waals surface area contributed by atoms with Crippen LogP contribution in [0, 0.1) is 5.92 Å². The Balaban J connectivity index is 2.41. The van der Waals surface area contributed by atoms with Gasteiger partial charge in [0.05, 0.1) is 5.60 Å². The van der Waals surface area contributed by atoms with Crippen molar-refractivity contribution in [1.82, 2.24) is 0 Å². The van der Waals surface area contributed by atoms with Crippen LogP contribution in [0.3, 0.4) is 0 Å². The zero-order chi connectivity index (χ0) is 9.03. The Kier molecular flexibility index (Phi) is 3.57. The molecule has 0 N–H and O–H groups in total. The fraction of sp³-hybridized carbons (Fsp3) is 1.00. The average Bonchev–Trinajstić information content (AvgIpc) is 2.45. The van der Waals surface area contributed by atoms with E-state index in [0.29, 0.717) is 0 Å². The van der Waals surface area contributed by atoms with Gasteiger partial charge in [-0.25, -0.2) is 0 Å². The topological polar surface area (TPSA) is 9.23 Å².